The Morgan fingerprint density at radius 1 is 0.556 bits per heavy atom. The lowest BCUT2D eigenvalue weighted by atomic mass is 10.0. The lowest BCUT2D eigenvalue weighted by Crippen LogP contribution is -2.29. The van der Waals surface area contributed by atoms with Crippen LogP contribution in [-0.4, -0.2) is 65.7 Å². The summed E-state index contributed by atoms with van der Waals surface area (Å²) in [6.45, 7) is 2.36. The molecule has 0 fully saturated rings. The molecule has 0 aliphatic rings. The monoisotopic (exact) mass is 789 g/mol. The Labute approximate surface area is 329 Å². The van der Waals surface area contributed by atoms with E-state index in [1.165, 1.54) is 109 Å². The number of carbonyl (C=O) groups is 2. The smallest absolute Gasteiger partial charge is 0.462 e. The summed E-state index contributed by atoms with van der Waals surface area (Å²) in [5.41, 5.74) is 0. The zero-order valence-electron chi connectivity index (χ0n) is 34.4. The first-order valence-corrected chi connectivity index (χ1v) is 23.3. The first-order chi connectivity index (χ1) is 26.2. The van der Waals surface area contributed by atoms with Gasteiger partial charge in [-0.2, -0.15) is 0 Å². The number of phosphoric acid groups is 1. The molecule has 0 spiro atoms. The van der Waals surface area contributed by atoms with Crippen molar-refractivity contribution in [3.63, 3.8) is 0 Å². The van der Waals surface area contributed by atoms with E-state index < -0.39 is 51.8 Å². The largest absolute Gasteiger partial charge is 0.472 e. The molecule has 0 aromatic rings. The molecule has 11 heteroatoms. The molecule has 0 radical (unpaired) electrons. The minimum Gasteiger partial charge on any atom is -0.462 e. The third kappa shape index (κ3) is 38.7. The molecule has 54 heavy (non-hydrogen) atoms. The highest BCUT2D eigenvalue weighted by atomic mass is 31.2. The predicted octanol–water partition coefficient (Wildman–Crippen LogP) is 11.4. The minimum atomic E-state index is -4.61. The number of allylic oxidation sites excluding steroid dienone is 4. The van der Waals surface area contributed by atoms with E-state index in [0.717, 1.165) is 51.4 Å². The van der Waals surface area contributed by atoms with Crippen molar-refractivity contribution < 1.29 is 47.8 Å². The zero-order chi connectivity index (χ0) is 39.8. The maximum absolute atomic E-state index is 12.6. The molecule has 0 rings (SSSR count). The summed E-state index contributed by atoms with van der Waals surface area (Å²) in [6.07, 6.45) is 38.5. The second kappa shape index (κ2) is 39.7. The fourth-order valence-electron chi connectivity index (χ4n) is 5.96. The number of carbonyl (C=O) groups excluding carboxylic acids is 2. The number of hydrogen-bond donors (Lipinski definition) is 3. The van der Waals surface area contributed by atoms with Crippen LogP contribution in [0.4, 0.5) is 0 Å². The molecule has 0 aliphatic carbocycles. The van der Waals surface area contributed by atoms with E-state index in [9.17, 15) is 24.2 Å². The van der Waals surface area contributed by atoms with Gasteiger partial charge in [0.25, 0.3) is 0 Å². The fraction of sp³-hybridized carbons (Fsp3) is 0.860. The Morgan fingerprint density at radius 2 is 0.963 bits per heavy atom. The maximum atomic E-state index is 12.6. The Kier molecular flexibility index (Phi) is 38.5. The third-order valence-corrected chi connectivity index (χ3v) is 10.3. The van der Waals surface area contributed by atoms with Crippen molar-refractivity contribution in [2.24, 2.45) is 0 Å². The van der Waals surface area contributed by atoms with Gasteiger partial charge in [-0.1, -0.05) is 167 Å². The first-order valence-electron chi connectivity index (χ1n) is 21.8. The number of ether oxygens (including phenoxy) is 2. The van der Waals surface area contributed by atoms with Crippen molar-refractivity contribution in [1.29, 1.82) is 0 Å². The molecule has 0 bridgehead atoms. The molecule has 1 unspecified atom stereocenters. The highest BCUT2D eigenvalue weighted by Gasteiger charge is 2.27. The average molecular weight is 789 g/mol. The molecule has 0 amide bonds. The molecular formula is C43H81O10P. The number of hydrogen-bond acceptors (Lipinski definition) is 9. The van der Waals surface area contributed by atoms with Crippen LogP contribution >= 0.6 is 7.82 Å². The number of esters is 2. The van der Waals surface area contributed by atoms with Gasteiger partial charge in [-0.15, -0.1) is 0 Å². The topological polar surface area (TPSA) is 149 Å². The summed E-state index contributed by atoms with van der Waals surface area (Å²) in [4.78, 5) is 35.0. The number of aliphatic hydroxyl groups excluding tert-OH is 2. The standard InChI is InChI=1S/C43H81O10P/c1-3-5-7-9-11-13-15-17-19-20-21-23-24-26-28-30-32-34-42(46)50-38-41(39-52-54(48,49)51-37-40(45)36-44)53-43(47)35-33-31-29-27-25-22-18-16-14-12-10-8-6-4-2/h11,13,17,19,40-41,44-45H,3-10,12,14-16,18,20-39H2,1-2H3,(H,48,49)/b13-11-,19-17-/t40-,41+/m0/s1. The summed E-state index contributed by atoms with van der Waals surface area (Å²) in [7, 11) is -4.61. The van der Waals surface area contributed by atoms with Gasteiger partial charge in [0.05, 0.1) is 19.8 Å². The van der Waals surface area contributed by atoms with Crippen molar-refractivity contribution in [3.05, 3.63) is 24.3 Å². The van der Waals surface area contributed by atoms with E-state index in [0.29, 0.717) is 12.8 Å². The summed E-state index contributed by atoms with van der Waals surface area (Å²) < 4.78 is 32.7. The van der Waals surface area contributed by atoms with Crippen molar-refractivity contribution in [1.82, 2.24) is 0 Å². The number of aliphatic hydroxyl groups is 2. The molecule has 0 heterocycles. The van der Waals surface area contributed by atoms with E-state index in [-0.39, 0.29) is 19.4 Å². The van der Waals surface area contributed by atoms with Gasteiger partial charge in [-0.25, -0.2) is 4.57 Å². The second-order valence-electron chi connectivity index (χ2n) is 14.7. The molecule has 0 aliphatic heterocycles. The van der Waals surface area contributed by atoms with Gasteiger partial charge >= 0.3 is 19.8 Å². The van der Waals surface area contributed by atoms with Gasteiger partial charge in [-0.3, -0.25) is 18.6 Å². The highest BCUT2D eigenvalue weighted by molar-refractivity contribution is 7.47. The molecule has 3 N–H and O–H groups in total. The van der Waals surface area contributed by atoms with Gasteiger partial charge in [0.15, 0.2) is 6.10 Å². The van der Waals surface area contributed by atoms with E-state index in [1.54, 1.807) is 0 Å². The molecule has 318 valence electrons. The van der Waals surface area contributed by atoms with Crippen LogP contribution in [-0.2, 0) is 32.7 Å². The molecule has 0 saturated heterocycles. The van der Waals surface area contributed by atoms with E-state index >= 15 is 0 Å². The molecule has 10 nitrogen and oxygen atoms in total. The lowest BCUT2D eigenvalue weighted by molar-refractivity contribution is -0.161. The van der Waals surface area contributed by atoms with Crippen LogP contribution in [0.5, 0.6) is 0 Å². The summed E-state index contributed by atoms with van der Waals surface area (Å²) in [6, 6.07) is 0. The fourth-order valence-corrected chi connectivity index (χ4v) is 6.75. The van der Waals surface area contributed by atoms with Crippen LogP contribution in [0.1, 0.15) is 200 Å². The van der Waals surface area contributed by atoms with Gasteiger partial charge < -0.3 is 24.6 Å². The third-order valence-electron chi connectivity index (χ3n) is 9.36. The number of phosphoric ester groups is 1. The van der Waals surface area contributed by atoms with Crippen LogP contribution in [0.15, 0.2) is 24.3 Å². The highest BCUT2D eigenvalue weighted by Crippen LogP contribution is 2.43. The summed E-state index contributed by atoms with van der Waals surface area (Å²) >= 11 is 0. The molecule has 0 saturated carbocycles. The van der Waals surface area contributed by atoms with E-state index in [4.69, 9.17) is 19.1 Å². The van der Waals surface area contributed by atoms with Crippen LogP contribution < -0.4 is 0 Å². The van der Waals surface area contributed by atoms with E-state index in [1.807, 2.05) is 0 Å². The van der Waals surface area contributed by atoms with E-state index in [2.05, 4.69) is 42.7 Å². The zero-order valence-corrected chi connectivity index (χ0v) is 35.3. The Balaban J connectivity index is 4.28. The Hall–Kier alpha value is -1.55. The van der Waals surface area contributed by atoms with Crippen LogP contribution in [0.2, 0.25) is 0 Å². The molecular weight excluding hydrogens is 707 g/mol. The van der Waals surface area contributed by atoms with Crippen LogP contribution in [0.3, 0.4) is 0 Å². The summed E-state index contributed by atoms with van der Waals surface area (Å²) in [5.74, 6) is -0.926. The van der Waals surface area contributed by atoms with Gasteiger partial charge in [0.2, 0.25) is 0 Å². The minimum absolute atomic E-state index is 0.187. The molecule has 0 aromatic carbocycles. The Morgan fingerprint density at radius 3 is 1.46 bits per heavy atom. The van der Waals surface area contributed by atoms with Crippen molar-refractivity contribution in [3.8, 4) is 0 Å². The van der Waals surface area contributed by atoms with Crippen molar-refractivity contribution in [2.45, 2.75) is 212 Å². The normalized spacial score (nSPS) is 14.1. The number of rotatable bonds is 41. The summed E-state index contributed by atoms with van der Waals surface area (Å²) in [5, 5.41) is 18.3. The SMILES string of the molecule is CCCCC/C=C\C/C=C\CCCCCCCCCC(=O)OC[C@H](COP(=O)(O)OC[C@@H](O)CO)OC(=O)CCCCCCCCCCCCCCCC. The molecule has 3 atom stereocenters. The molecule has 0 aromatic heterocycles. The predicted molar refractivity (Wildman–Crippen MR) is 219 cm³/mol. The van der Waals surface area contributed by atoms with Gasteiger partial charge in [0.1, 0.15) is 12.7 Å². The van der Waals surface area contributed by atoms with Crippen LogP contribution in [0, 0.1) is 0 Å². The number of unbranched alkanes of at least 4 members (excludes halogenated alkanes) is 23. The van der Waals surface area contributed by atoms with Crippen molar-refractivity contribution >= 4 is 19.8 Å². The Bertz CT molecular complexity index is 957. The first kappa shape index (κ1) is 52.5. The van der Waals surface area contributed by atoms with Gasteiger partial charge in [0, 0.05) is 12.8 Å². The van der Waals surface area contributed by atoms with Gasteiger partial charge in [-0.05, 0) is 44.9 Å². The average Bonchev–Trinajstić information content (AvgIpc) is 3.16. The lowest BCUT2D eigenvalue weighted by Gasteiger charge is -2.20. The quantitative estimate of drug-likeness (QED) is 0.0236. The maximum Gasteiger partial charge on any atom is 0.472 e. The van der Waals surface area contributed by atoms with Crippen molar-refractivity contribution in [2.75, 3.05) is 26.4 Å². The van der Waals surface area contributed by atoms with Crippen LogP contribution in [0.25, 0.3) is 0 Å². The second-order valence-corrected chi connectivity index (χ2v) is 16.2.